The van der Waals surface area contributed by atoms with Gasteiger partial charge in [-0.05, 0) is 54.7 Å². The number of carbonyl (C=O) groups is 2. The van der Waals surface area contributed by atoms with Gasteiger partial charge >= 0.3 is 5.97 Å². The molecule has 8 nitrogen and oxygen atoms in total. The largest absolute Gasteiger partial charge is 0.427 e. The zero-order valence-corrected chi connectivity index (χ0v) is 21.8. The summed E-state index contributed by atoms with van der Waals surface area (Å²) in [6.07, 6.45) is 0. The van der Waals surface area contributed by atoms with Crippen LogP contribution in [0.1, 0.15) is 52.7 Å². The maximum absolute atomic E-state index is 12.4. The number of amides is 1. The van der Waals surface area contributed by atoms with Gasteiger partial charge in [-0.1, -0.05) is 56.8 Å². The summed E-state index contributed by atoms with van der Waals surface area (Å²) in [5.74, 6) is 0.773. The van der Waals surface area contributed by atoms with Gasteiger partial charge in [0.05, 0.1) is 11.5 Å². The zero-order valence-electron chi connectivity index (χ0n) is 21.0. The van der Waals surface area contributed by atoms with Crippen LogP contribution in [-0.2, 0) is 21.5 Å². The van der Waals surface area contributed by atoms with E-state index in [-0.39, 0.29) is 23.0 Å². The van der Waals surface area contributed by atoms with Gasteiger partial charge in [-0.25, -0.2) is 5.43 Å². The fourth-order valence-corrected chi connectivity index (χ4v) is 4.11. The van der Waals surface area contributed by atoms with Crippen molar-refractivity contribution < 1.29 is 14.3 Å². The molecule has 1 amide bonds. The van der Waals surface area contributed by atoms with Crippen LogP contribution in [0.2, 0.25) is 0 Å². The monoisotopic (exact) mass is 493 g/mol. The molecule has 0 aliphatic carbocycles. The van der Waals surface area contributed by atoms with E-state index in [0.717, 1.165) is 17.0 Å². The summed E-state index contributed by atoms with van der Waals surface area (Å²) < 4.78 is 7.03. The number of aromatic nitrogens is 3. The Kier molecular flexibility index (Phi) is 8.45. The number of hydrogen-bond donors (Lipinski definition) is 1. The van der Waals surface area contributed by atoms with Gasteiger partial charge in [0.2, 0.25) is 0 Å². The summed E-state index contributed by atoms with van der Waals surface area (Å²) in [6.45, 7) is 12.4. The highest BCUT2D eigenvalue weighted by molar-refractivity contribution is 7.99. The average molecular weight is 494 g/mol. The molecule has 0 unspecified atom stereocenters. The molecule has 2 aromatic carbocycles. The first kappa shape index (κ1) is 26.2. The van der Waals surface area contributed by atoms with Crippen molar-refractivity contribution in [2.75, 3.05) is 5.75 Å². The SMILES string of the molecule is CCn1c(SCC(=O)NN=C(C)c2ccc(OC(C)=O)cc2)nnc1-c1ccc(C(C)(C)C)cc1. The van der Waals surface area contributed by atoms with Crippen molar-refractivity contribution >= 4 is 29.4 Å². The van der Waals surface area contributed by atoms with Crippen LogP contribution < -0.4 is 10.2 Å². The number of esters is 1. The quantitative estimate of drug-likeness (QED) is 0.159. The first-order chi connectivity index (χ1) is 16.6. The van der Waals surface area contributed by atoms with Gasteiger partial charge in [0.25, 0.3) is 5.91 Å². The van der Waals surface area contributed by atoms with E-state index in [9.17, 15) is 9.59 Å². The van der Waals surface area contributed by atoms with Crippen molar-refractivity contribution in [3.63, 3.8) is 0 Å². The van der Waals surface area contributed by atoms with E-state index in [0.29, 0.717) is 23.2 Å². The Morgan fingerprint density at radius 3 is 2.26 bits per heavy atom. The lowest BCUT2D eigenvalue weighted by Crippen LogP contribution is -2.21. The smallest absolute Gasteiger partial charge is 0.308 e. The lowest BCUT2D eigenvalue weighted by molar-refractivity contribution is -0.131. The molecule has 184 valence electrons. The van der Waals surface area contributed by atoms with Gasteiger partial charge < -0.3 is 9.30 Å². The van der Waals surface area contributed by atoms with Gasteiger partial charge in [0.15, 0.2) is 11.0 Å². The molecule has 0 saturated heterocycles. The number of benzene rings is 2. The van der Waals surface area contributed by atoms with Crippen LogP contribution in [0.15, 0.2) is 58.8 Å². The number of carbonyl (C=O) groups excluding carboxylic acids is 2. The Morgan fingerprint density at radius 2 is 1.69 bits per heavy atom. The average Bonchev–Trinajstić information content (AvgIpc) is 3.23. The van der Waals surface area contributed by atoms with Crippen LogP contribution >= 0.6 is 11.8 Å². The third-order valence-corrected chi connectivity index (χ3v) is 6.22. The Hall–Kier alpha value is -3.46. The Bertz CT molecular complexity index is 1210. The van der Waals surface area contributed by atoms with Crippen molar-refractivity contribution in [2.45, 2.75) is 58.7 Å². The second kappa shape index (κ2) is 11.3. The lowest BCUT2D eigenvalue weighted by Gasteiger charge is -2.19. The number of ether oxygens (including phenoxy) is 1. The second-order valence-electron chi connectivity index (χ2n) is 9.02. The topological polar surface area (TPSA) is 98.5 Å². The van der Waals surface area contributed by atoms with Gasteiger partial charge in [0, 0.05) is 19.0 Å². The molecule has 0 aliphatic heterocycles. The molecular weight excluding hydrogens is 462 g/mol. The van der Waals surface area contributed by atoms with Crippen molar-refractivity contribution in [1.29, 1.82) is 0 Å². The third kappa shape index (κ3) is 7.02. The van der Waals surface area contributed by atoms with E-state index in [1.807, 2.05) is 11.5 Å². The van der Waals surface area contributed by atoms with Gasteiger partial charge in [-0.2, -0.15) is 5.10 Å². The molecule has 0 radical (unpaired) electrons. The highest BCUT2D eigenvalue weighted by Gasteiger charge is 2.17. The minimum absolute atomic E-state index is 0.0829. The van der Waals surface area contributed by atoms with Crippen molar-refractivity contribution in [2.24, 2.45) is 5.10 Å². The maximum Gasteiger partial charge on any atom is 0.308 e. The second-order valence-corrected chi connectivity index (χ2v) is 9.96. The molecule has 0 spiro atoms. The van der Waals surface area contributed by atoms with Crippen molar-refractivity contribution in [3.8, 4) is 17.1 Å². The predicted octanol–water partition coefficient (Wildman–Crippen LogP) is 4.82. The summed E-state index contributed by atoms with van der Waals surface area (Å²) in [4.78, 5) is 23.4. The summed E-state index contributed by atoms with van der Waals surface area (Å²) in [7, 11) is 0. The Labute approximate surface area is 210 Å². The molecular formula is C26H31N5O3S. The van der Waals surface area contributed by atoms with Crippen LogP contribution in [0.4, 0.5) is 0 Å². The maximum atomic E-state index is 12.4. The van der Waals surface area contributed by atoms with E-state index in [1.165, 1.54) is 24.2 Å². The summed E-state index contributed by atoms with van der Waals surface area (Å²) in [5, 5.41) is 13.5. The molecule has 0 atom stereocenters. The number of nitrogens with zero attached hydrogens (tertiary/aromatic N) is 4. The molecule has 35 heavy (non-hydrogen) atoms. The van der Waals surface area contributed by atoms with Crippen LogP contribution in [0.3, 0.4) is 0 Å². The molecule has 0 saturated carbocycles. The van der Waals surface area contributed by atoms with E-state index < -0.39 is 0 Å². The van der Waals surface area contributed by atoms with Gasteiger partial charge in [-0.15, -0.1) is 10.2 Å². The molecule has 1 aromatic heterocycles. The predicted molar refractivity (Wildman–Crippen MR) is 139 cm³/mol. The fourth-order valence-electron chi connectivity index (χ4n) is 3.32. The molecule has 9 heteroatoms. The first-order valence-electron chi connectivity index (χ1n) is 11.4. The molecule has 3 aromatic rings. The van der Waals surface area contributed by atoms with Crippen LogP contribution in [-0.4, -0.2) is 38.1 Å². The first-order valence-corrected chi connectivity index (χ1v) is 12.4. The van der Waals surface area contributed by atoms with Gasteiger partial charge in [0.1, 0.15) is 5.75 Å². The lowest BCUT2D eigenvalue weighted by atomic mass is 9.87. The number of hydrazone groups is 1. The van der Waals surface area contributed by atoms with Crippen LogP contribution in [0.5, 0.6) is 5.75 Å². The van der Waals surface area contributed by atoms with Crippen molar-refractivity contribution in [3.05, 3.63) is 59.7 Å². The van der Waals surface area contributed by atoms with Crippen molar-refractivity contribution in [1.82, 2.24) is 20.2 Å². The number of thioether (sulfide) groups is 1. The molecule has 0 bridgehead atoms. The summed E-state index contributed by atoms with van der Waals surface area (Å²) in [6, 6.07) is 15.3. The third-order valence-electron chi connectivity index (χ3n) is 5.26. The van der Waals surface area contributed by atoms with Crippen LogP contribution in [0.25, 0.3) is 11.4 Å². The van der Waals surface area contributed by atoms with E-state index >= 15 is 0 Å². The number of hydrogen-bond acceptors (Lipinski definition) is 7. The van der Waals surface area contributed by atoms with E-state index in [2.05, 4.69) is 65.8 Å². The highest BCUT2D eigenvalue weighted by Crippen LogP contribution is 2.27. The van der Waals surface area contributed by atoms with E-state index in [4.69, 9.17) is 4.74 Å². The standard InChI is InChI=1S/C26H31N5O3S/c1-7-31-24(20-8-12-21(13-9-20)26(4,5)6)29-30-25(31)35-16-23(33)28-27-17(2)19-10-14-22(15-11-19)34-18(3)32/h8-15H,7,16H2,1-6H3,(H,28,33). The Morgan fingerprint density at radius 1 is 1.03 bits per heavy atom. The van der Waals surface area contributed by atoms with Crippen LogP contribution in [0, 0.1) is 0 Å². The summed E-state index contributed by atoms with van der Waals surface area (Å²) >= 11 is 1.32. The van der Waals surface area contributed by atoms with E-state index in [1.54, 1.807) is 31.2 Å². The number of rotatable bonds is 8. The molecule has 1 heterocycles. The zero-order chi connectivity index (χ0) is 25.6. The molecule has 0 aliphatic rings. The Balaban J connectivity index is 1.61. The normalized spacial score (nSPS) is 11.9. The highest BCUT2D eigenvalue weighted by atomic mass is 32.2. The fraction of sp³-hybridized carbons (Fsp3) is 0.346. The number of nitrogens with one attached hydrogen (secondary N) is 1. The molecule has 3 rings (SSSR count). The summed E-state index contributed by atoms with van der Waals surface area (Å²) in [5.41, 5.74) is 6.35. The van der Waals surface area contributed by atoms with Gasteiger partial charge in [-0.3, -0.25) is 9.59 Å². The minimum atomic E-state index is -0.377. The molecule has 1 N–H and O–H groups in total. The molecule has 0 fully saturated rings. The minimum Gasteiger partial charge on any atom is -0.427 e.